The van der Waals surface area contributed by atoms with E-state index in [0.717, 1.165) is 0 Å². The predicted octanol–water partition coefficient (Wildman–Crippen LogP) is -0.0385. The van der Waals surface area contributed by atoms with E-state index < -0.39 is 5.92 Å². The molecule has 8 heteroatoms. The average molecular weight is 288 g/mol. The first kappa shape index (κ1) is 14.5. The Labute approximate surface area is 121 Å². The van der Waals surface area contributed by atoms with Gasteiger partial charge in [-0.2, -0.15) is 0 Å². The number of aromatic nitrogens is 3. The molecule has 0 bridgehead atoms. The number of oxime groups is 1. The number of carbonyl (C=O) groups excluding carboxylic acids is 1. The van der Waals surface area contributed by atoms with Crippen molar-refractivity contribution >= 4 is 11.7 Å². The van der Waals surface area contributed by atoms with Crippen molar-refractivity contribution in [2.24, 2.45) is 17.9 Å². The smallest absolute Gasteiger partial charge is 0.235 e. The van der Waals surface area contributed by atoms with Crippen molar-refractivity contribution in [3.05, 3.63) is 48.0 Å². The molecule has 0 aliphatic rings. The SMILES string of the molecule is Cn1cnnc1CNC(=O)C(C(N)=NO)c1ccccc1. The van der Waals surface area contributed by atoms with Gasteiger partial charge in [-0.3, -0.25) is 4.79 Å². The average Bonchev–Trinajstić information content (AvgIpc) is 2.91. The highest BCUT2D eigenvalue weighted by atomic mass is 16.4. The number of carbonyl (C=O) groups is 1. The van der Waals surface area contributed by atoms with E-state index in [9.17, 15) is 4.79 Å². The third-order valence-corrected chi connectivity index (χ3v) is 3.03. The van der Waals surface area contributed by atoms with Gasteiger partial charge in [0.05, 0.1) is 6.54 Å². The molecule has 21 heavy (non-hydrogen) atoms. The van der Waals surface area contributed by atoms with E-state index in [2.05, 4.69) is 20.7 Å². The van der Waals surface area contributed by atoms with Gasteiger partial charge in [-0.1, -0.05) is 35.5 Å². The van der Waals surface area contributed by atoms with Crippen LogP contribution in [0.4, 0.5) is 0 Å². The van der Waals surface area contributed by atoms with Crippen LogP contribution in [0.25, 0.3) is 0 Å². The van der Waals surface area contributed by atoms with Crippen molar-refractivity contribution in [2.75, 3.05) is 0 Å². The van der Waals surface area contributed by atoms with Gasteiger partial charge in [0, 0.05) is 7.05 Å². The summed E-state index contributed by atoms with van der Waals surface area (Å²) < 4.78 is 1.70. The Morgan fingerprint density at radius 3 is 2.76 bits per heavy atom. The first-order valence-corrected chi connectivity index (χ1v) is 6.26. The number of hydrogen-bond donors (Lipinski definition) is 3. The molecule has 0 radical (unpaired) electrons. The minimum atomic E-state index is -0.857. The number of amides is 1. The van der Waals surface area contributed by atoms with Gasteiger partial charge in [-0.25, -0.2) is 0 Å². The second-order valence-corrected chi connectivity index (χ2v) is 4.44. The fourth-order valence-electron chi connectivity index (χ4n) is 1.90. The molecule has 0 spiro atoms. The molecule has 0 fully saturated rings. The lowest BCUT2D eigenvalue weighted by Crippen LogP contribution is -2.37. The van der Waals surface area contributed by atoms with E-state index >= 15 is 0 Å². The van der Waals surface area contributed by atoms with Crippen LogP contribution in [0.15, 0.2) is 41.8 Å². The Hall–Kier alpha value is -2.90. The zero-order valence-electron chi connectivity index (χ0n) is 11.5. The molecule has 0 saturated heterocycles. The number of aryl methyl sites for hydroxylation is 1. The fourth-order valence-corrected chi connectivity index (χ4v) is 1.90. The van der Waals surface area contributed by atoms with Crippen molar-refractivity contribution in [3.8, 4) is 0 Å². The highest BCUT2D eigenvalue weighted by Gasteiger charge is 2.25. The number of hydrogen-bond acceptors (Lipinski definition) is 5. The lowest BCUT2D eigenvalue weighted by Gasteiger charge is -2.15. The third kappa shape index (κ3) is 3.35. The summed E-state index contributed by atoms with van der Waals surface area (Å²) >= 11 is 0. The van der Waals surface area contributed by atoms with E-state index in [1.165, 1.54) is 0 Å². The van der Waals surface area contributed by atoms with Crippen LogP contribution in [0, 0.1) is 0 Å². The molecule has 1 aromatic carbocycles. The van der Waals surface area contributed by atoms with Crippen molar-refractivity contribution in [3.63, 3.8) is 0 Å². The van der Waals surface area contributed by atoms with Gasteiger partial charge < -0.3 is 20.8 Å². The molecule has 1 aromatic heterocycles. The van der Waals surface area contributed by atoms with Crippen LogP contribution in [0.2, 0.25) is 0 Å². The monoisotopic (exact) mass is 288 g/mol. The maximum Gasteiger partial charge on any atom is 0.235 e. The van der Waals surface area contributed by atoms with Crippen LogP contribution in [-0.4, -0.2) is 31.7 Å². The second kappa shape index (κ2) is 6.51. The first-order chi connectivity index (χ1) is 10.1. The summed E-state index contributed by atoms with van der Waals surface area (Å²) in [6.45, 7) is 0.206. The fraction of sp³-hybridized carbons (Fsp3) is 0.231. The van der Waals surface area contributed by atoms with Crippen LogP contribution in [0.5, 0.6) is 0 Å². The highest BCUT2D eigenvalue weighted by molar-refractivity contribution is 6.07. The van der Waals surface area contributed by atoms with Crippen molar-refractivity contribution in [2.45, 2.75) is 12.5 Å². The highest BCUT2D eigenvalue weighted by Crippen LogP contribution is 2.16. The van der Waals surface area contributed by atoms with Gasteiger partial charge >= 0.3 is 0 Å². The summed E-state index contributed by atoms with van der Waals surface area (Å²) in [6, 6.07) is 8.87. The van der Waals surface area contributed by atoms with E-state index in [1.54, 1.807) is 42.2 Å². The maximum absolute atomic E-state index is 12.3. The summed E-state index contributed by atoms with van der Waals surface area (Å²) in [4.78, 5) is 12.3. The van der Waals surface area contributed by atoms with Crippen LogP contribution < -0.4 is 11.1 Å². The summed E-state index contributed by atoms with van der Waals surface area (Å²) in [5, 5.41) is 22.1. The van der Waals surface area contributed by atoms with E-state index in [0.29, 0.717) is 11.4 Å². The van der Waals surface area contributed by atoms with Crippen molar-refractivity contribution < 1.29 is 10.0 Å². The normalized spacial score (nSPS) is 12.9. The number of rotatable bonds is 5. The molecule has 0 saturated carbocycles. The van der Waals surface area contributed by atoms with Crippen molar-refractivity contribution in [1.82, 2.24) is 20.1 Å². The lowest BCUT2D eigenvalue weighted by atomic mass is 9.97. The zero-order valence-corrected chi connectivity index (χ0v) is 11.5. The van der Waals surface area contributed by atoms with Gasteiger partial charge in [0.15, 0.2) is 11.7 Å². The van der Waals surface area contributed by atoms with Crippen LogP contribution >= 0.6 is 0 Å². The maximum atomic E-state index is 12.3. The molecule has 4 N–H and O–H groups in total. The van der Waals surface area contributed by atoms with E-state index in [-0.39, 0.29) is 18.3 Å². The van der Waals surface area contributed by atoms with Gasteiger partial charge in [-0.15, -0.1) is 10.2 Å². The third-order valence-electron chi connectivity index (χ3n) is 3.03. The Morgan fingerprint density at radius 2 is 2.19 bits per heavy atom. The lowest BCUT2D eigenvalue weighted by molar-refractivity contribution is -0.121. The molecule has 1 heterocycles. The molecular formula is C13H16N6O2. The minimum absolute atomic E-state index is 0.170. The molecule has 0 aliphatic heterocycles. The molecule has 1 amide bonds. The molecule has 2 rings (SSSR count). The summed E-state index contributed by atoms with van der Waals surface area (Å²) in [5.74, 6) is -0.796. The molecule has 2 aromatic rings. The number of nitrogens with zero attached hydrogens (tertiary/aromatic N) is 4. The molecule has 8 nitrogen and oxygen atoms in total. The van der Waals surface area contributed by atoms with Crippen LogP contribution in [0.3, 0.4) is 0 Å². The Balaban J connectivity index is 2.14. The van der Waals surface area contributed by atoms with E-state index in [4.69, 9.17) is 10.9 Å². The topological polar surface area (TPSA) is 118 Å². The molecule has 110 valence electrons. The van der Waals surface area contributed by atoms with E-state index in [1.807, 2.05) is 6.07 Å². The summed E-state index contributed by atoms with van der Waals surface area (Å²) in [6.07, 6.45) is 1.54. The summed E-state index contributed by atoms with van der Waals surface area (Å²) in [5.41, 5.74) is 6.28. The molecule has 1 atom stereocenters. The second-order valence-electron chi connectivity index (χ2n) is 4.44. The Kier molecular flexibility index (Phi) is 4.50. The van der Waals surface area contributed by atoms with Gasteiger partial charge in [0.1, 0.15) is 12.2 Å². The van der Waals surface area contributed by atoms with Crippen molar-refractivity contribution in [1.29, 1.82) is 0 Å². The number of benzene rings is 1. The standard InChI is InChI=1S/C13H16N6O2/c1-19-8-16-17-10(19)7-15-13(20)11(12(14)18-21)9-5-3-2-4-6-9/h2-6,8,11,21H,7H2,1H3,(H2,14,18)(H,15,20). The molecule has 0 aliphatic carbocycles. The number of nitrogens with two attached hydrogens (primary N) is 1. The van der Waals surface area contributed by atoms with Gasteiger partial charge in [0.2, 0.25) is 5.91 Å². The van der Waals surface area contributed by atoms with Crippen LogP contribution in [0.1, 0.15) is 17.3 Å². The van der Waals surface area contributed by atoms with Gasteiger partial charge in [-0.05, 0) is 5.56 Å². The van der Waals surface area contributed by atoms with Crippen LogP contribution in [-0.2, 0) is 18.4 Å². The Morgan fingerprint density at radius 1 is 1.48 bits per heavy atom. The summed E-state index contributed by atoms with van der Waals surface area (Å²) in [7, 11) is 1.78. The largest absolute Gasteiger partial charge is 0.409 e. The first-order valence-electron chi connectivity index (χ1n) is 6.26. The predicted molar refractivity (Wildman–Crippen MR) is 75.4 cm³/mol. The number of nitrogens with one attached hydrogen (secondary N) is 1. The Bertz CT molecular complexity index is 637. The number of amidine groups is 1. The molecular weight excluding hydrogens is 272 g/mol. The van der Waals surface area contributed by atoms with Gasteiger partial charge in [0.25, 0.3) is 0 Å². The minimum Gasteiger partial charge on any atom is -0.409 e. The quantitative estimate of drug-likeness (QED) is 0.309. The molecule has 1 unspecified atom stereocenters. The zero-order chi connectivity index (χ0) is 15.2.